The van der Waals surface area contributed by atoms with Gasteiger partial charge >= 0.3 is 12.4 Å². The predicted molar refractivity (Wildman–Crippen MR) is 237 cm³/mol. The Kier molecular flexibility index (Phi) is 16.4. The number of hydrogen-bond acceptors (Lipinski definition) is 14. The molecule has 2 atom stereocenters. The summed E-state index contributed by atoms with van der Waals surface area (Å²) in [5.41, 5.74) is 10.3. The number of pyridine rings is 2. The Morgan fingerprint density at radius 2 is 1.15 bits per heavy atom. The van der Waals surface area contributed by atoms with Crippen molar-refractivity contribution < 1.29 is 36.6 Å². The van der Waals surface area contributed by atoms with Crippen molar-refractivity contribution in [3.05, 3.63) is 157 Å². The molecule has 0 radical (unpaired) electrons. The van der Waals surface area contributed by atoms with E-state index in [1.807, 2.05) is 11.0 Å². The predicted octanol–water partition coefficient (Wildman–Crippen LogP) is 8.43. The number of alkyl halides is 6. The van der Waals surface area contributed by atoms with Gasteiger partial charge in [0.05, 0.1) is 59.2 Å². The van der Waals surface area contributed by atoms with Crippen LogP contribution in [0.1, 0.15) is 68.2 Å². The maximum atomic E-state index is 12.8. The number of rotatable bonds is 8. The molecule has 6 aromatic rings. The van der Waals surface area contributed by atoms with Gasteiger partial charge in [-0.25, -0.2) is 19.9 Å². The van der Waals surface area contributed by atoms with E-state index < -0.39 is 35.8 Å². The van der Waals surface area contributed by atoms with E-state index in [0.717, 1.165) is 71.4 Å². The van der Waals surface area contributed by atoms with Crippen LogP contribution in [0.25, 0.3) is 0 Å². The van der Waals surface area contributed by atoms with E-state index in [-0.39, 0.29) is 13.2 Å². The lowest BCUT2D eigenvalue weighted by molar-refractivity contribution is -0.142. The van der Waals surface area contributed by atoms with Crippen molar-refractivity contribution in [3.63, 3.8) is 0 Å². The molecule has 0 unspecified atom stereocenters. The van der Waals surface area contributed by atoms with Crippen LogP contribution < -0.4 is 20.9 Å². The van der Waals surface area contributed by atoms with Crippen molar-refractivity contribution in [2.45, 2.75) is 50.4 Å². The largest absolute Gasteiger partial charge is 0.433 e. The molecule has 0 bridgehead atoms. The van der Waals surface area contributed by atoms with Crippen LogP contribution in [0.15, 0.2) is 85.7 Å². The zero-order valence-electron chi connectivity index (χ0n) is 34.7. The van der Waals surface area contributed by atoms with E-state index in [9.17, 15) is 42.0 Å². The third-order valence-electron chi connectivity index (χ3n) is 10.5. The van der Waals surface area contributed by atoms with E-state index in [2.05, 4.69) is 52.3 Å². The van der Waals surface area contributed by atoms with Crippen molar-refractivity contribution >= 4 is 52.0 Å². The molecule has 23 heteroatoms. The second-order valence-corrected chi connectivity index (χ2v) is 16.0. The van der Waals surface area contributed by atoms with Crippen molar-refractivity contribution in [2.75, 3.05) is 41.4 Å². The van der Waals surface area contributed by atoms with Crippen LogP contribution in [-0.4, -0.2) is 66.4 Å². The number of aromatic nitrogens is 6. The van der Waals surface area contributed by atoms with Gasteiger partial charge in [-0.1, -0.05) is 46.9 Å². The topological polar surface area (TPSA) is 210 Å². The third kappa shape index (κ3) is 12.5. The number of nitrogens with two attached hydrogens (primary N) is 1. The fraction of sp³-hybridized carbons (Fsp3) is 0.273. The number of fused-ring (bicyclic) bond motifs is 2. The van der Waals surface area contributed by atoms with Gasteiger partial charge in [-0.05, 0) is 59.7 Å². The molecule has 14 nitrogen and oxygen atoms in total. The molecule has 6 heterocycles. The van der Waals surface area contributed by atoms with Crippen LogP contribution in [0, 0.1) is 22.7 Å². The molecule has 0 spiro atoms. The first-order valence-electron chi connectivity index (χ1n) is 19.9. The normalized spacial score (nSPS) is 14.1. The van der Waals surface area contributed by atoms with Gasteiger partial charge in [0.1, 0.15) is 47.2 Å². The minimum Gasteiger partial charge on any atom is -0.394 e. The minimum absolute atomic E-state index is 0.326. The standard InChI is InChI=1S/C22H18ClF3N6O.C14H10Cl2N4.C8H9F3N2O/c23-15-2-3-19(14(7-15)8-27)32-6-5-17-16(10-32)21(30-12-29-17)31-18(11-33)13-1-4-20(28-9-13)22(24,25)26;15-10-1-2-13(9(5-10)6-17)20-4-3-12-11(7-20)14(16)19-8-18-12;9-8(10,11)7-2-1-5(3-13-7)6(12)4-14/h1-4,7,9,12,18,33H,5-6,10-11H2,(H,29,30,31);1-2,5,8H,3-4,7H2;1-3,6,14H,4,12H2/t18-;;6-/m1.1/s1. The van der Waals surface area contributed by atoms with Crippen LogP contribution in [0.5, 0.6) is 0 Å². The van der Waals surface area contributed by atoms with E-state index in [4.69, 9.17) is 45.6 Å². The van der Waals surface area contributed by atoms with Crippen LogP contribution in [0.2, 0.25) is 15.2 Å². The van der Waals surface area contributed by atoms with Crippen molar-refractivity contribution in [3.8, 4) is 12.1 Å². The number of aliphatic hydroxyl groups is 2. The molecule has 8 rings (SSSR count). The summed E-state index contributed by atoms with van der Waals surface area (Å²) in [6.07, 6.45) is -2.61. The number of aliphatic hydroxyl groups excluding tert-OH is 2. The number of nitriles is 2. The van der Waals surface area contributed by atoms with E-state index >= 15 is 0 Å². The first-order chi connectivity index (χ1) is 31.9. The molecule has 67 heavy (non-hydrogen) atoms. The number of benzene rings is 2. The van der Waals surface area contributed by atoms with Gasteiger partial charge in [0.2, 0.25) is 0 Å². The highest BCUT2D eigenvalue weighted by atomic mass is 35.5. The van der Waals surface area contributed by atoms with Crippen LogP contribution in [0.3, 0.4) is 0 Å². The second-order valence-electron chi connectivity index (χ2n) is 14.7. The molecule has 0 aliphatic carbocycles. The quantitative estimate of drug-likeness (QED) is 0.0834. The highest BCUT2D eigenvalue weighted by molar-refractivity contribution is 6.31. The number of halogens is 9. The summed E-state index contributed by atoms with van der Waals surface area (Å²) in [5.74, 6) is 0.455. The zero-order valence-corrected chi connectivity index (χ0v) is 37.0. The molecular formula is C44H37Cl3F6N12O2. The third-order valence-corrected chi connectivity index (χ3v) is 11.3. The van der Waals surface area contributed by atoms with E-state index in [1.54, 1.807) is 30.3 Å². The molecule has 348 valence electrons. The van der Waals surface area contributed by atoms with Gasteiger partial charge in [-0.15, -0.1) is 0 Å². The molecule has 0 saturated heterocycles. The Bertz CT molecular complexity index is 2760. The number of nitrogens with one attached hydrogen (secondary N) is 1. The number of hydrogen-bond donors (Lipinski definition) is 4. The zero-order chi connectivity index (χ0) is 48.5. The summed E-state index contributed by atoms with van der Waals surface area (Å²) in [5, 5.41) is 41.9. The first-order valence-corrected chi connectivity index (χ1v) is 21.1. The number of nitrogens with zero attached hydrogens (tertiary/aromatic N) is 10. The molecule has 0 fully saturated rings. The SMILES string of the molecule is N#Cc1cc(Cl)ccc1N1CCc2ncnc(Cl)c2C1.N#Cc1cc(Cl)ccc1N1CCc2ncnc(N[C@H](CO)c3ccc(C(F)(F)F)nc3)c2C1.N[C@H](CO)c1ccc(C(F)(F)F)nc1. The molecule has 2 aliphatic heterocycles. The Hall–Kier alpha value is -6.39. The lowest BCUT2D eigenvalue weighted by Gasteiger charge is -2.32. The molecule has 4 aromatic heterocycles. The van der Waals surface area contributed by atoms with Gasteiger partial charge in [0.25, 0.3) is 0 Å². The lowest BCUT2D eigenvalue weighted by Crippen LogP contribution is -2.33. The minimum atomic E-state index is -4.54. The Morgan fingerprint density at radius 3 is 1.61 bits per heavy atom. The Balaban J connectivity index is 0.000000184. The van der Waals surface area contributed by atoms with Gasteiger partial charge in [0.15, 0.2) is 0 Å². The summed E-state index contributed by atoms with van der Waals surface area (Å²) >= 11 is 18.1. The summed E-state index contributed by atoms with van der Waals surface area (Å²) in [4.78, 5) is 27.7. The van der Waals surface area contributed by atoms with Gasteiger partial charge < -0.3 is 31.1 Å². The smallest absolute Gasteiger partial charge is 0.394 e. The van der Waals surface area contributed by atoms with Crippen molar-refractivity contribution in [2.24, 2.45) is 5.73 Å². The Morgan fingerprint density at radius 1 is 0.657 bits per heavy atom. The molecule has 0 saturated carbocycles. The van der Waals surface area contributed by atoms with Crippen LogP contribution in [-0.2, 0) is 38.3 Å². The molecule has 5 N–H and O–H groups in total. The van der Waals surface area contributed by atoms with Gasteiger partial charge in [-0.3, -0.25) is 9.97 Å². The van der Waals surface area contributed by atoms with Gasteiger partial charge in [0, 0.05) is 72.6 Å². The second kappa shape index (κ2) is 21.9. The Labute approximate surface area is 394 Å². The van der Waals surface area contributed by atoms with Crippen molar-refractivity contribution in [1.82, 2.24) is 29.9 Å². The summed E-state index contributed by atoms with van der Waals surface area (Å²) in [6.45, 7) is 1.71. The maximum Gasteiger partial charge on any atom is 0.433 e. The molecule has 2 aromatic carbocycles. The first kappa shape index (κ1) is 50.0. The average molecular weight is 986 g/mol. The lowest BCUT2D eigenvalue weighted by atomic mass is 10.0. The summed E-state index contributed by atoms with van der Waals surface area (Å²) in [7, 11) is 0. The molecular weight excluding hydrogens is 949 g/mol. The highest BCUT2D eigenvalue weighted by Crippen LogP contribution is 2.34. The van der Waals surface area contributed by atoms with E-state index in [0.29, 0.717) is 69.3 Å². The summed E-state index contributed by atoms with van der Waals surface area (Å²) in [6, 6.07) is 17.6. The maximum absolute atomic E-state index is 12.8. The van der Waals surface area contributed by atoms with Crippen LogP contribution in [0.4, 0.5) is 43.5 Å². The molecule has 0 amide bonds. The van der Waals surface area contributed by atoms with Crippen LogP contribution >= 0.6 is 34.8 Å². The summed E-state index contributed by atoms with van der Waals surface area (Å²) < 4.78 is 74.6. The number of anilines is 3. The fourth-order valence-electron chi connectivity index (χ4n) is 7.01. The average Bonchev–Trinajstić information content (AvgIpc) is 3.32. The highest BCUT2D eigenvalue weighted by Gasteiger charge is 2.33. The monoisotopic (exact) mass is 984 g/mol. The fourth-order valence-corrected chi connectivity index (χ4v) is 7.56. The van der Waals surface area contributed by atoms with E-state index in [1.165, 1.54) is 24.8 Å². The van der Waals surface area contributed by atoms with Gasteiger partial charge in [-0.2, -0.15) is 36.9 Å². The molecule has 2 aliphatic rings. The van der Waals surface area contributed by atoms with Crippen molar-refractivity contribution in [1.29, 1.82) is 10.5 Å².